The van der Waals surface area contributed by atoms with E-state index in [1.165, 1.54) is 12.7 Å². The summed E-state index contributed by atoms with van der Waals surface area (Å²) in [6.07, 6.45) is 0.167. The predicted octanol–water partition coefficient (Wildman–Crippen LogP) is 1.88. The van der Waals surface area contributed by atoms with Crippen LogP contribution in [-0.2, 0) is 9.53 Å². The second-order valence-corrected chi connectivity index (χ2v) is 4.58. The second kappa shape index (κ2) is 6.40. The van der Waals surface area contributed by atoms with E-state index in [1.54, 1.807) is 0 Å². The van der Waals surface area contributed by atoms with Crippen LogP contribution in [-0.4, -0.2) is 25.7 Å². The lowest BCUT2D eigenvalue weighted by molar-refractivity contribution is -0.141. The minimum Gasteiger partial charge on any atom is -0.491 e. The number of benzene rings is 1. The molecule has 100 valence electrons. The van der Waals surface area contributed by atoms with Gasteiger partial charge in [0.15, 0.2) is 0 Å². The maximum Gasteiger partial charge on any atom is 0.307 e. The third-order valence-corrected chi connectivity index (χ3v) is 2.70. The van der Waals surface area contributed by atoms with E-state index in [2.05, 4.69) is 16.9 Å². The topological polar surface area (TPSA) is 61.5 Å². The van der Waals surface area contributed by atoms with Gasteiger partial charge in [-0.3, -0.25) is 4.79 Å². The number of ether oxygens (including phenoxy) is 2. The molecule has 4 nitrogen and oxygen atoms in total. The molecule has 1 unspecified atom stereocenters. The Morgan fingerprint density at radius 3 is 2.33 bits per heavy atom. The molecule has 0 spiro atoms. The summed E-state index contributed by atoms with van der Waals surface area (Å²) in [5.41, 5.74) is 9.17. The van der Waals surface area contributed by atoms with Crippen molar-refractivity contribution >= 4 is 5.97 Å². The van der Waals surface area contributed by atoms with Crippen LogP contribution in [0.25, 0.3) is 0 Å². The Bertz CT molecular complexity index is 406. The monoisotopic (exact) mass is 251 g/mol. The van der Waals surface area contributed by atoms with Gasteiger partial charge in [-0.05, 0) is 31.9 Å². The fourth-order valence-corrected chi connectivity index (χ4v) is 1.94. The molecular weight excluding hydrogens is 230 g/mol. The highest BCUT2D eigenvalue weighted by atomic mass is 16.5. The van der Waals surface area contributed by atoms with Crippen molar-refractivity contribution in [3.05, 3.63) is 28.8 Å². The molecule has 18 heavy (non-hydrogen) atoms. The van der Waals surface area contributed by atoms with Crippen LogP contribution in [0.2, 0.25) is 0 Å². The fourth-order valence-electron chi connectivity index (χ4n) is 1.94. The number of methoxy groups -OCH3 is 1. The molecule has 2 N–H and O–H groups in total. The molecule has 0 aromatic heterocycles. The maximum atomic E-state index is 11.1. The van der Waals surface area contributed by atoms with E-state index >= 15 is 0 Å². The van der Waals surface area contributed by atoms with E-state index in [9.17, 15) is 4.79 Å². The fraction of sp³-hybridized carbons (Fsp3) is 0.500. The van der Waals surface area contributed by atoms with Gasteiger partial charge >= 0.3 is 5.97 Å². The Morgan fingerprint density at radius 1 is 1.28 bits per heavy atom. The third-order valence-electron chi connectivity index (χ3n) is 2.70. The van der Waals surface area contributed by atoms with Gasteiger partial charge in [0.2, 0.25) is 0 Å². The number of hydrogen-bond donors (Lipinski definition) is 1. The molecule has 0 aliphatic carbocycles. The van der Waals surface area contributed by atoms with Gasteiger partial charge in [-0.25, -0.2) is 0 Å². The van der Waals surface area contributed by atoms with Gasteiger partial charge in [0, 0.05) is 6.04 Å². The van der Waals surface area contributed by atoms with E-state index < -0.39 is 0 Å². The molecule has 0 saturated carbocycles. The van der Waals surface area contributed by atoms with Crippen molar-refractivity contribution in [2.45, 2.75) is 33.2 Å². The molecule has 0 aliphatic rings. The Balaban J connectivity index is 2.61. The zero-order valence-electron chi connectivity index (χ0n) is 11.4. The van der Waals surface area contributed by atoms with Gasteiger partial charge in [0.25, 0.3) is 0 Å². The highest BCUT2D eigenvalue weighted by Crippen LogP contribution is 2.24. The molecule has 0 fully saturated rings. The molecular formula is C14H21NO3. The summed E-state index contributed by atoms with van der Waals surface area (Å²) in [6.45, 7) is 6.36. The van der Waals surface area contributed by atoms with Gasteiger partial charge in [-0.1, -0.05) is 17.7 Å². The first kappa shape index (κ1) is 14.5. The lowest BCUT2D eigenvalue weighted by Crippen LogP contribution is -2.31. The molecule has 0 radical (unpaired) electrons. The van der Waals surface area contributed by atoms with Crippen molar-refractivity contribution in [2.24, 2.45) is 5.73 Å². The van der Waals surface area contributed by atoms with Crippen LogP contribution < -0.4 is 10.5 Å². The van der Waals surface area contributed by atoms with Crippen LogP contribution in [0.3, 0.4) is 0 Å². The quantitative estimate of drug-likeness (QED) is 0.812. The molecule has 0 aliphatic heterocycles. The van der Waals surface area contributed by atoms with Gasteiger partial charge in [0.1, 0.15) is 12.4 Å². The summed E-state index contributed by atoms with van der Waals surface area (Å²) in [5, 5.41) is 0. The molecule has 1 rings (SSSR count). The number of nitrogens with two attached hydrogens (primary N) is 1. The first-order chi connectivity index (χ1) is 8.43. The molecule has 1 aromatic carbocycles. The first-order valence-corrected chi connectivity index (χ1v) is 5.97. The van der Waals surface area contributed by atoms with Gasteiger partial charge in [-0.15, -0.1) is 0 Å². The van der Waals surface area contributed by atoms with E-state index in [1.807, 2.05) is 20.8 Å². The van der Waals surface area contributed by atoms with Crippen molar-refractivity contribution in [2.75, 3.05) is 13.7 Å². The SMILES string of the molecule is COC(=O)CC(N)COc1c(C)cc(C)cc1C. The summed E-state index contributed by atoms with van der Waals surface area (Å²) < 4.78 is 10.3. The summed E-state index contributed by atoms with van der Waals surface area (Å²) in [7, 11) is 1.35. The Labute approximate surface area is 108 Å². The van der Waals surface area contributed by atoms with Gasteiger partial charge < -0.3 is 15.2 Å². The van der Waals surface area contributed by atoms with Crippen molar-refractivity contribution in [1.29, 1.82) is 0 Å². The van der Waals surface area contributed by atoms with Crippen LogP contribution >= 0.6 is 0 Å². The molecule has 0 saturated heterocycles. The van der Waals surface area contributed by atoms with Crippen LogP contribution in [0.15, 0.2) is 12.1 Å². The number of carbonyl (C=O) groups is 1. The zero-order valence-corrected chi connectivity index (χ0v) is 11.4. The molecule has 4 heteroatoms. The number of esters is 1. The van der Waals surface area contributed by atoms with Crippen LogP contribution in [0, 0.1) is 20.8 Å². The van der Waals surface area contributed by atoms with E-state index in [-0.39, 0.29) is 18.4 Å². The third kappa shape index (κ3) is 4.04. The van der Waals surface area contributed by atoms with Crippen molar-refractivity contribution in [1.82, 2.24) is 0 Å². The minimum absolute atomic E-state index is 0.167. The summed E-state index contributed by atoms with van der Waals surface area (Å²) >= 11 is 0. The number of aryl methyl sites for hydroxylation is 3. The molecule has 0 bridgehead atoms. The average molecular weight is 251 g/mol. The standard InChI is InChI=1S/C14H21NO3/c1-9-5-10(2)14(11(3)6-9)18-8-12(15)7-13(16)17-4/h5-6,12H,7-8,15H2,1-4H3. The maximum absolute atomic E-state index is 11.1. The zero-order chi connectivity index (χ0) is 13.7. The predicted molar refractivity (Wildman–Crippen MR) is 70.8 cm³/mol. The van der Waals surface area contributed by atoms with Crippen molar-refractivity contribution < 1.29 is 14.3 Å². The first-order valence-electron chi connectivity index (χ1n) is 5.97. The molecule has 1 aromatic rings. The largest absolute Gasteiger partial charge is 0.491 e. The van der Waals surface area contributed by atoms with E-state index in [0.29, 0.717) is 6.61 Å². The van der Waals surface area contributed by atoms with Crippen LogP contribution in [0.5, 0.6) is 5.75 Å². The normalized spacial score (nSPS) is 12.1. The smallest absolute Gasteiger partial charge is 0.307 e. The van der Waals surface area contributed by atoms with E-state index in [0.717, 1.165) is 16.9 Å². The second-order valence-electron chi connectivity index (χ2n) is 4.58. The lowest BCUT2D eigenvalue weighted by atomic mass is 10.1. The average Bonchev–Trinajstić information content (AvgIpc) is 2.27. The van der Waals surface area contributed by atoms with Gasteiger partial charge in [-0.2, -0.15) is 0 Å². The lowest BCUT2D eigenvalue weighted by Gasteiger charge is -2.16. The van der Waals surface area contributed by atoms with Crippen LogP contribution in [0.4, 0.5) is 0 Å². The number of carbonyl (C=O) groups excluding carboxylic acids is 1. The van der Waals surface area contributed by atoms with E-state index in [4.69, 9.17) is 10.5 Å². The van der Waals surface area contributed by atoms with Crippen molar-refractivity contribution in [3.8, 4) is 5.75 Å². The van der Waals surface area contributed by atoms with Crippen LogP contribution in [0.1, 0.15) is 23.1 Å². The molecule has 0 amide bonds. The summed E-state index contributed by atoms with van der Waals surface area (Å²) in [6, 6.07) is 3.78. The van der Waals surface area contributed by atoms with Crippen molar-refractivity contribution in [3.63, 3.8) is 0 Å². The highest BCUT2D eigenvalue weighted by molar-refractivity contribution is 5.69. The number of rotatable bonds is 5. The Kier molecular flexibility index (Phi) is 5.16. The Hall–Kier alpha value is -1.55. The van der Waals surface area contributed by atoms with Gasteiger partial charge in [0.05, 0.1) is 13.5 Å². The number of hydrogen-bond acceptors (Lipinski definition) is 4. The summed E-state index contributed by atoms with van der Waals surface area (Å²) in [5.74, 6) is 0.532. The minimum atomic E-state index is -0.349. The summed E-state index contributed by atoms with van der Waals surface area (Å²) in [4.78, 5) is 11.1. The Morgan fingerprint density at radius 2 is 1.83 bits per heavy atom. The molecule has 0 heterocycles. The highest BCUT2D eigenvalue weighted by Gasteiger charge is 2.12. The molecule has 1 atom stereocenters.